The van der Waals surface area contributed by atoms with E-state index >= 15 is 0 Å². The number of amides is 2. The van der Waals surface area contributed by atoms with E-state index in [0.29, 0.717) is 39.9 Å². The minimum atomic E-state index is -0.354. The summed E-state index contributed by atoms with van der Waals surface area (Å²) in [5, 5.41) is 7.31. The third kappa shape index (κ3) is 7.36. The van der Waals surface area contributed by atoms with Gasteiger partial charge in [-0.05, 0) is 74.0 Å². The molecule has 2 N–H and O–H groups in total. The first-order chi connectivity index (χ1) is 15.9. The number of hydrogen-bond donors (Lipinski definition) is 2. The molecule has 0 aliphatic heterocycles. The van der Waals surface area contributed by atoms with Crippen molar-refractivity contribution in [1.29, 1.82) is 0 Å². The van der Waals surface area contributed by atoms with E-state index in [9.17, 15) is 9.59 Å². The summed E-state index contributed by atoms with van der Waals surface area (Å²) in [5.41, 5.74) is 5.40. The van der Waals surface area contributed by atoms with Crippen molar-refractivity contribution in [3.05, 3.63) is 88.4 Å². The van der Waals surface area contributed by atoms with E-state index in [0.717, 1.165) is 5.56 Å². The van der Waals surface area contributed by atoms with Crippen molar-refractivity contribution in [2.45, 2.75) is 13.8 Å². The lowest BCUT2D eigenvalue weighted by molar-refractivity contribution is -0.118. The van der Waals surface area contributed by atoms with E-state index in [1.54, 1.807) is 42.5 Å². The lowest BCUT2D eigenvalue weighted by Crippen LogP contribution is -2.20. The van der Waals surface area contributed by atoms with Crippen LogP contribution in [0.15, 0.2) is 71.8 Å². The zero-order valence-corrected chi connectivity index (χ0v) is 19.1. The lowest BCUT2D eigenvalue weighted by atomic mass is 10.2. The third-order valence-electron chi connectivity index (χ3n) is 4.45. The molecule has 0 aliphatic rings. The number of hydrogen-bond acceptors (Lipinski definition) is 5. The molecule has 0 unspecified atom stereocenters. The zero-order chi connectivity index (χ0) is 23.6. The molecule has 0 aliphatic carbocycles. The van der Waals surface area contributed by atoms with Gasteiger partial charge in [-0.3, -0.25) is 9.59 Å². The summed E-state index contributed by atoms with van der Waals surface area (Å²) in [5.74, 6) is 0.260. The number of hydrazone groups is 1. The number of halogens is 1. The van der Waals surface area contributed by atoms with Gasteiger partial charge >= 0.3 is 0 Å². The van der Waals surface area contributed by atoms with Gasteiger partial charge in [0, 0.05) is 16.3 Å². The van der Waals surface area contributed by atoms with Gasteiger partial charge in [-0.25, -0.2) is 5.43 Å². The molecule has 0 spiro atoms. The van der Waals surface area contributed by atoms with E-state index in [4.69, 9.17) is 21.1 Å². The molecule has 3 aromatic carbocycles. The van der Waals surface area contributed by atoms with Crippen molar-refractivity contribution in [3.8, 4) is 11.5 Å². The molecule has 2 amide bonds. The molecule has 0 saturated heterocycles. The van der Waals surface area contributed by atoms with Gasteiger partial charge in [0.1, 0.15) is 0 Å². The second kappa shape index (κ2) is 11.7. The molecule has 0 fully saturated rings. The molecule has 0 bridgehead atoms. The quantitative estimate of drug-likeness (QED) is 0.350. The number of nitrogens with one attached hydrogen (secondary N) is 2. The molecular weight excluding hydrogens is 442 g/mol. The molecule has 8 heteroatoms. The zero-order valence-electron chi connectivity index (χ0n) is 18.3. The number of ether oxygens (including phenoxy) is 2. The summed E-state index contributed by atoms with van der Waals surface area (Å²) in [6.45, 7) is 4.07. The fourth-order valence-corrected chi connectivity index (χ4v) is 2.93. The van der Waals surface area contributed by atoms with Gasteiger partial charge in [-0.15, -0.1) is 0 Å². The van der Waals surface area contributed by atoms with Crippen LogP contribution >= 0.6 is 11.6 Å². The Bertz CT molecular complexity index is 1130. The van der Waals surface area contributed by atoms with Crippen LogP contribution in [0.25, 0.3) is 0 Å². The second-order valence-corrected chi connectivity index (χ2v) is 7.48. The fourth-order valence-electron chi connectivity index (χ4n) is 2.80. The predicted octanol–water partition coefficient (Wildman–Crippen LogP) is 4.83. The molecule has 0 atom stereocenters. The molecule has 7 nitrogen and oxygen atoms in total. The van der Waals surface area contributed by atoms with Gasteiger partial charge in [0.05, 0.1) is 12.8 Å². The van der Waals surface area contributed by atoms with Crippen molar-refractivity contribution in [2.75, 3.05) is 18.5 Å². The van der Waals surface area contributed by atoms with Crippen molar-refractivity contribution in [1.82, 2.24) is 5.43 Å². The first kappa shape index (κ1) is 23.8. The number of carbonyl (C=O) groups excluding carboxylic acids is 2. The van der Waals surface area contributed by atoms with Gasteiger partial charge in [-0.1, -0.05) is 29.3 Å². The molecule has 33 heavy (non-hydrogen) atoms. The molecule has 0 radical (unpaired) electrons. The van der Waals surface area contributed by atoms with E-state index in [-0.39, 0.29) is 18.4 Å². The van der Waals surface area contributed by atoms with Gasteiger partial charge < -0.3 is 14.8 Å². The molecule has 170 valence electrons. The predicted molar refractivity (Wildman–Crippen MR) is 129 cm³/mol. The lowest BCUT2D eigenvalue weighted by Gasteiger charge is -2.12. The molecular formula is C25H24ClN3O4. The molecule has 0 aromatic heterocycles. The number of nitrogens with zero attached hydrogens (tertiary/aromatic N) is 1. The molecule has 0 heterocycles. The monoisotopic (exact) mass is 465 g/mol. The highest BCUT2D eigenvalue weighted by atomic mass is 35.5. The minimum absolute atomic E-state index is 0.168. The van der Waals surface area contributed by atoms with Crippen LogP contribution in [0.1, 0.15) is 28.4 Å². The number of rotatable bonds is 9. The SMILES string of the molecule is CCOc1cc(/C=N/NC(=O)c2ccc(Cl)cc2)ccc1OCC(=O)Nc1ccc(C)cc1. The number of anilines is 1. The standard InChI is InChI=1S/C25H24ClN3O4/c1-3-32-23-14-18(15-27-29-25(31)19-7-9-20(26)10-8-19)6-13-22(23)33-16-24(30)28-21-11-4-17(2)5-12-21/h4-15H,3,16H2,1-2H3,(H,28,30)(H,29,31)/b27-15+. The highest BCUT2D eigenvalue weighted by Gasteiger charge is 2.10. The summed E-state index contributed by atoms with van der Waals surface area (Å²) in [7, 11) is 0. The van der Waals surface area contributed by atoms with Crippen molar-refractivity contribution >= 4 is 35.3 Å². The molecule has 3 aromatic rings. The molecule has 3 rings (SSSR count). The summed E-state index contributed by atoms with van der Waals surface area (Å²) in [6, 6.07) is 19.1. The minimum Gasteiger partial charge on any atom is -0.490 e. The summed E-state index contributed by atoms with van der Waals surface area (Å²) < 4.78 is 11.3. The first-order valence-electron chi connectivity index (χ1n) is 10.3. The van der Waals surface area contributed by atoms with Crippen LogP contribution in [0.4, 0.5) is 5.69 Å². The van der Waals surface area contributed by atoms with E-state index in [1.807, 2.05) is 38.1 Å². The highest BCUT2D eigenvalue weighted by molar-refractivity contribution is 6.30. The first-order valence-corrected chi connectivity index (χ1v) is 10.7. The topological polar surface area (TPSA) is 89.0 Å². The highest BCUT2D eigenvalue weighted by Crippen LogP contribution is 2.28. The normalized spacial score (nSPS) is 10.6. The van der Waals surface area contributed by atoms with Crippen LogP contribution in [0.3, 0.4) is 0 Å². The van der Waals surface area contributed by atoms with Crippen LogP contribution in [0.2, 0.25) is 5.02 Å². The number of carbonyl (C=O) groups is 2. The van der Waals surface area contributed by atoms with Crippen molar-refractivity contribution < 1.29 is 19.1 Å². The number of benzene rings is 3. The van der Waals surface area contributed by atoms with Gasteiger partial charge in [-0.2, -0.15) is 5.10 Å². The Morgan fingerprint density at radius 2 is 1.70 bits per heavy atom. The molecule has 0 saturated carbocycles. The van der Waals surface area contributed by atoms with Crippen LogP contribution in [-0.2, 0) is 4.79 Å². The Morgan fingerprint density at radius 3 is 2.39 bits per heavy atom. The van der Waals surface area contributed by atoms with Gasteiger partial charge in [0.25, 0.3) is 11.8 Å². The van der Waals surface area contributed by atoms with E-state index < -0.39 is 0 Å². The smallest absolute Gasteiger partial charge is 0.271 e. The second-order valence-electron chi connectivity index (χ2n) is 7.05. The van der Waals surface area contributed by atoms with Crippen molar-refractivity contribution in [2.24, 2.45) is 5.10 Å². The van der Waals surface area contributed by atoms with Gasteiger partial charge in [0.15, 0.2) is 18.1 Å². The Labute approximate surface area is 197 Å². The Hall–Kier alpha value is -3.84. The maximum absolute atomic E-state index is 12.2. The fraction of sp³-hybridized carbons (Fsp3) is 0.160. The summed E-state index contributed by atoms with van der Waals surface area (Å²) in [6.07, 6.45) is 1.49. The van der Waals surface area contributed by atoms with Crippen molar-refractivity contribution in [3.63, 3.8) is 0 Å². The Morgan fingerprint density at radius 1 is 0.970 bits per heavy atom. The largest absolute Gasteiger partial charge is 0.490 e. The average molecular weight is 466 g/mol. The van der Waals surface area contributed by atoms with Crippen LogP contribution < -0.4 is 20.2 Å². The Balaban J connectivity index is 1.59. The van der Waals surface area contributed by atoms with Crippen LogP contribution in [0.5, 0.6) is 11.5 Å². The maximum Gasteiger partial charge on any atom is 0.271 e. The van der Waals surface area contributed by atoms with Gasteiger partial charge in [0.2, 0.25) is 0 Å². The third-order valence-corrected chi connectivity index (χ3v) is 4.70. The average Bonchev–Trinajstić information content (AvgIpc) is 2.80. The summed E-state index contributed by atoms with van der Waals surface area (Å²) in [4.78, 5) is 24.3. The van der Waals surface area contributed by atoms with E-state index in [1.165, 1.54) is 6.21 Å². The maximum atomic E-state index is 12.2. The van der Waals surface area contributed by atoms with E-state index in [2.05, 4.69) is 15.8 Å². The summed E-state index contributed by atoms with van der Waals surface area (Å²) >= 11 is 5.83. The van der Waals surface area contributed by atoms with Crippen LogP contribution in [0, 0.1) is 6.92 Å². The Kier molecular flexibility index (Phi) is 8.43. The number of aryl methyl sites for hydroxylation is 1. The van der Waals surface area contributed by atoms with Crippen LogP contribution in [-0.4, -0.2) is 31.2 Å².